The predicted molar refractivity (Wildman–Crippen MR) is 133 cm³/mol. The second kappa shape index (κ2) is 8.81. The normalized spacial score (nSPS) is 21.0. The molecule has 2 unspecified atom stereocenters. The first-order valence-electron chi connectivity index (χ1n) is 13.1. The number of carbonyl (C=O) groups is 2. The second-order valence-electron chi connectivity index (χ2n) is 10.6. The molecule has 0 bridgehead atoms. The number of nitrogens with zero attached hydrogens (tertiary/aromatic N) is 3. The van der Waals surface area contributed by atoms with Crippen molar-refractivity contribution in [1.29, 1.82) is 0 Å². The molecule has 2 aliphatic carbocycles. The SMILES string of the molecule is CCn1nccc1C(=O)NC(c1nc2cc(CC3CCNC3=O)c(C)cc2[nH]1)C(C1CC1)C1CC1. The molecule has 2 saturated carbocycles. The van der Waals surface area contributed by atoms with E-state index in [0.29, 0.717) is 30.0 Å². The van der Waals surface area contributed by atoms with Crippen molar-refractivity contribution in [3.8, 4) is 0 Å². The zero-order valence-electron chi connectivity index (χ0n) is 20.5. The van der Waals surface area contributed by atoms with E-state index in [9.17, 15) is 9.59 Å². The van der Waals surface area contributed by atoms with Gasteiger partial charge in [0.2, 0.25) is 5.91 Å². The number of imidazole rings is 1. The van der Waals surface area contributed by atoms with Gasteiger partial charge in [0.05, 0.1) is 17.1 Å². The van der Waals surface area contributed by atoms with Gasteiger partial charge in [0.1, 0.15) is 11.5 Å². The van der Waals surface area contributed by atoms with Crippen LogP contribution < -0.4 is 10.6 Å². The monoisotopic (exact) mass is 474 g/mol. The van der Waals surface area contributed by atoms with E-state index in [1.807, 2.05) is 6.92 Å². The van der Waals surface area contributed by atoms with E-state index in [-0.39, 0.29) is 23.8 Å². The van der Waals surface area contributed by atoms with Gasteiger partial charge in [0.15, 0.2) is 0 Å². The van der Waals surface area contributed by atoms with Crippen LogP contribution in [0.1, 0.15) is 72.5 Å². The summed E-state index contributed by atoms with van der Waals surface area (Å²) in [4.78, 5) is 34.1. The number of benzene rings is 1. The highest BCUT2D eigenvalue weighted by atomic mass is 16.2. The summed E-state index contributed by atoms with van der Waals surface area (Å²) >= 11 is 0. The predicted octanol–water partition coefficient (Wildman–Crippen LogP) is 3.67. The maximum atomic E-state index is 13.4. The maximum Gasteiger partial charge on any atom is 0.270 e. The lowest BCUT2D eigenvalue weighted by Gasteiger charge is -2.27. The minimum atomic E-state index is -0.153. The van der Waals surface area contributed by atoms with Crippen LogP contribution in [0.3, 0.4) is 0 Å². The van der Waals surface area contributed by atoms with Crippen LogP contribution in [0.5, 0.6) is 0 Å². The van der Waals surface area contributed by atoms with Crippen LogP contribution in [0.2, 0.25) is 0 Å². The Morgan fingerprint density at radius 3 is 2.63 bits per heavy atom. The Morgan fingerprint density at radius 1 is 1.20 bits per heavy atom. The van der Waals surface area contributed by atoms with Crippen molar-refractivity contribution in [1.82, 2.24) is 30.4 Å². The zero-order chi connectivity index (χ0) is 24.1. The molecule has 0 radical (unpaired) electrons. The molecule has 3 N–H and O–H groups in total. The Kier molecular flexibility index (Phi) is 5.61. The molecule has 0 spiro atoms. The van der Waals surface area contributed by atoms with Crippen LogP contribution in [-0.4, -0.2) is 38.1 Å². The molecule has 3 heterocycles. The van der Waals surface area contributed by atoms with Gasteiger partial charge in [-0.1, -0.05) is 0 Å². The summed E-state index contributed by atoms with van der Waals surface area (Å²) in [6.45, 7) is 5.51. The van der Waals surface area contributed by atoms with Crippen LogP contribution in [0, 0.1) is 30.6 Å². The molecule has 2 atom stereocenters. The summed E-state index contributed by atoms with van der Waals surface area (Å²) in [6, 6.07) is 5.90. The fraction of sp³-hybridized carbons (Fsp3) is 0.556. The van der Waals surface area contributed by atoms with Crippen molar-refractivity contribution >= 4 is 22.8 Å². The number of aromatic amines is 1. The molecule has 3 aromatic rings. The van der Waals surface area contributed by atoms with Crippen molar-refractivity contribution in [2.24, 2.45) is 23.7 Å². The molecular weight excluding hydrogens is 440 g/mol. The number of aryl methyl sites for hydroxylation is 2. The third-order valence-electron chi connectivity index (χ3n) is 8.13. The molecular formula is C27H34N6O2. The smallest absolute Gasteiger partial charge is 0.270 e. The largest absolute Gasteiger partial charge is 0.356 e. The number of carbonyl (C=O) groups excluding carboxylic acids is 2. The standard InChI is InChI=1S/C27H34N6O2/c1-3-33-22(9-11-29-33)27(35)32-24(23(16-4-5-16)17-6-7-17)25-30-20-12-15(2)19(14-21(20)31-25)13-18-8-10-28-26(18)34/h9,11-12,14,16-18,23-24H,3-8,10,13H2,1-2H3,(H,28,34)(H,30,31)(H,32,35). The maximum absolute atomic E-state index is 13.4. The van der Waals surface area contributed by atoms with Crippen molar-refractivity contribution in [3.05, 3.63) is 47.0 Å². The summed E-state index contributed by atoms with van der Waals surface area (Å²) < 4.78 is 1.74. The van der Waals surface area contributed by atoms with Gasteiger partial charge in [-0.3, -0.25) is 14.3 Å². The third-order valence-corrected chi connectivity index (χ3v) is 8.13. The molecule has 1 aromatic carbocycles. The molecule has 184 valence electrons. The van der Waals surface area contributed by atoms with Crippen molar-refractivity contribution in [3.63, 3.8) is 0 Å². The Labute approximate surface area is 205 Å². The molecule has 2 amide bonds. The molecule has 6 rings (SSSR count). The van der Waals surface area contributed by atoms with E-state index >= 15 is 0 Å². The molecule has 35 heavy (non-hydrogen) atoms. The van der Waals surface area contributed by atoms with Gasteiger partial charge in [-0.2, -0.15) is 5.10 Å². The van der Waals surface area contributed by atoms with Gasteiger partial charge in [0, 0.05) is 25.2 Å². The minimum absolute atomic E-state index is 0.0362. The Bertz CT molecular complexity index is 1260. The van der Waals surface area contributed by atoms with Gasteiger partial charge < -0.3 is 15.6 Å². The number of rotatable bonds is 9. The first kappa shape index (κ1) is 22.3. The van der Waals surface area contributed by atoms with Gasteiger partial charge in [0.25, 0.3) is 5.91 Å². The number of H-pyrrole nitrogens is 1. The van der Waals surface area contributed by atoms with Crippen LogP contribution in [0.4, 0.5) is 0 Å². The van der Waals surface area contributed by atoms with Crippen molar-refractivity contribution in [2.75, 3.05) is 6.54 Å². The molecule has 2 aromatic heterocycles. The number of hydrogen-bond acceptors (Lipinski definition) is 4. The van der Waals surface area contributed by atoms with E-state index in [1.54, 1.807) is 16.9 Å². The number of amides is 2. The van der Waals surface area contributed by atoms with E-state index in [4.69, 9.17) is 4.98 Å². The molecule has 8 nitrogen and oxygen atoms in total. The second-order valence-corrected chi connectivity index (χ2v) is 10.6. The van der Waals surface area contributed by atoms with E-state index in [1.165, 1.54) is 36.8 Å². The van der Waals surface area contributed by atoms with Gasteiger partial charge >= 0.3 is 0 Å². The van der Waals surface area contributed by atoms with Gasteiger partial charge in [-0.25, -0.2) is 4.98 Å². The number of nitrogens with one attached hydrogen (secondary N) is 3. The number of hydrogen-bond donors (Lipinski definition) is 3. The molecule has 1 aliphatic heterocycles. The van der Waals surface area contributed by atoms with E-state index in [0.717, 1.165) is 36.2 Å². The Hall–Kier alpha value is -3.16. The van der Waals surface area contributed by atoms with Crippen LogP contribution in [0.15, 0.2) is 24.4 Å². The van der Waals surface area contributed by atoms with Gasteiger partial charge in [-0.05, 0) is 99.5 Å². The third kappa shape index (κ3) is 4.34. The molecule has 3 fully saturated rings. The topological polar surface area (TPSA) is 105 Å². The first-order valence-corrected chi connectivity index (χ1v) is 13.1. The molecule has 3 aliphatic rings. The fourth-order valence-electron chi connectivity index (χ4n) is 5.93. The Morgan fingerprint density at radius 2 is 1.97 bits per heavy atom. The highest BCUT2D eigenvalue weighted by molar-refractivity contribution is 5.92. The van der Waals surface area contributed by atoms with E-state index in [2.05, 4.69) is 39.8 Å². The summed E-state index contributed by atoms with van der Waals surface area (Å²) in [7, 11) is 0. The van der Waals surface area contributed by atoms with Gasteiger partial charge in [-0.15, -0.1) is 0 Å². The highest BCUT2D eigenvalue weighted by Crippen LogP contribution is 2.54. The zero-order valence-corrected chi connectivity index (χ0v) is 20.5. The highest BCUT2D eigenvalue weighted by Gasteiger charge is 2.47. The molecule has 1 saturated heterocycles. The summed E-state index contributed by atoms with van der Waals surface area (Å²) in [6.07, 6.45) is 8.23. The number of fused-ring (bicyclic) bond motifs is 1. The lowest BCUT2D eigenvalue weighted by molar-refractivity contribution is -0.122. The lowest BCUT2D eigenvalue weighted by atomic mass is 9.88. The first-order chi connectivity index (χ1) is 17.0. The Balaban J connectivity index is 1.33. The fourth-order valence-corrected chi connectivity index (χ4v) is 5.93. The van der Waals surface area contributed by atoms with Crippen molar-refractivity contribution < 1.29 is 9.59 Å². The number of aromatic nitrogens is 4. The molecule has 8 heteroatoms. The summed E-state index contributed by atoms with van der Waals surface area (Å²) in [5, 5.41) is 10.6. The average molecular weight is 475 g/mol. The van der Waals surface area contributed by atoms with Crippen LogP contribution >= 0.6 is 0 Å². The average Bonchev–Trinajstić information content (AvgIpc) is 3.73. The summed E-state index contributed by atoms with van der Waals surface area (Å²) in [5.41, 5.74) is 4.82. The minimum Gasteiger partial charge on any atom is -0.356 e. The van der Waals surface area contributed by atoms with Crippen molar-refractivity contribution in [2.45, 2.75) is 65.0 Å². The quantitative estimate of drug-likeness (QED) is 0.440. The lowest BCUT2D eigenvalue weighted by Crippen LogP contribution is -2.37. The van der Waals surface area contributed by atoms with E-state index < -0.39 is 0 Å². The van der Waals surface area contributed by atoms with Crippen LogP contribution in [-0.2, 0) is 17.8 Å². The van der Waals surface area contributed by atoms with Crippen LogP contribution in [0.25, 0.3) is 11.0 Å². The summed E-state index contributed by atoms with van der Waals surface area (Å²) in [5.74, 6) is 2.64.